The number of imide groups is 1. The van der Waals surface area contributed by atoms with Gasteiger partial charge in [-0.05, 0) is 50.5 Å². The number of carbonyl (C=O) groups is 5. The zero-order chi connectivity index (χ0) is 27.2. The first-order chi connectivity index (χ1) is 18.3. The average Bonchev–Trinajstić information content (AvgIpc) is 3.07. The molecule has 208 valence electrons. The second-order valence-corrected chi connectivity index (χ2v) is 9.99. The molecule has 0 saturated carbocycles. The van der Waals surface area contributed by atoms with Gasteiger partial charge in [-0.1, -0.05) is 24.3 Å². The molecule has 10 nitrogen and oxygen atoms in total. The Morgan fingerprint density at radius 2 is 1.67 bits per heavy atom. The lowest BCUT2D eigenvalue weighted by molar-refractivity contribution is -0.146. The van der Waals surface area contributed by atoms with E-state index in [4.69, 9.17) is 4.74 Å². The molecule has 2 aromatic rings. The molecule has 0 saturated heterocycles. The van der Waals surface area contributed by atoms with Gasteiger partial charge in [-0.15, -0.1) is 24.2 Å². The van der Waals surface area contributed by atoms with Gasteiger partial charge in [-0.3, -0.25) is 39.1 Å². The number of nitrogens with zero attached hydrogens (tertiary/aromatic N) is 2. The summed E-state index contributed by atoms with van der Waals surface area (Å²) in [5.74, 6) is -2.46. The maximum Gasteiger partial charge on any atom is 0.323 e. The van der Waals surface area contributed by atoms with Crippen molar-refractivity contribution in [1.29, 1.82) is 0 Å². The number of carboxylic acid groups (broad SMARTS) is 1. The van der Waals surface area contributed by atoms with Gasteiger partial charge in [0.15, 0.2) is 0 Å². The molecule has 39 heavy (non-hydrogen) atoms. The van der Waals surface area contributed by atoms with E-state index in [2.05, 4.69) is 5.32 Å². The molecule has 2 heterocycles. The number of para-hydroxylation sites is 1. The van der Waals surface area contributed by atoms with Crippen LogP contribution < -0.4 is 10.2 Å². The van der Waals surface area contributed by atoms with Crippen molar-refractivity contribution in [2.24, 2.45) is 0 Å². The van der Waals surface area contributed by atoms with Gasteiger partial charge in [-0.2, -0.15) is 0 Å². The molecule has 3 amide bonds. The van der Waals surface area contributed by atoms with E-state index >= 15 is 0 Å². The van der Waals surface area contributed by atoms with Crippen LogP contribution in [0.25, 0.3) is 0 Å². The molecule has 4 rings (SSSR count). The van der Waals surface area contributed by atoms with Crippen molar-refractivity contribution in [3.05, 3.63) is 59.7 Å². The highest BCUT2D eigenvalue weighted by Gasteiger charge is 2.36. The Bertz CT molecular complexity index is 1220. The Hall–Kier alpha value is -3.41. The molecular weight excluding hydrogens is 546 g/mol. The molecule has 0 radical (unpaired) electrons. The zero-order valence-corrected chi connectivity index (χ0v) is 23.0. The fourth-order valence-electron chi connectivity index (χ4n) is 4.59. The molecule has 0 aliphatic carbocycles. The molecule has 2 aliphatic heterocycles. The molecule has 2 atom stereocenters. The van der Waals surface area contributed by atoms with E-state index in [0.29, 0.717) is 41.8 Å². The average molecular weight is 576 g/mol. The summed E-state index contributed by atoms with van der Waals surface area (Å²) in [6, 6.07) is 12.1. The number of benzene rings is 2. The van der Waals surface area contributed by atoms with Gasteiger partial charge < -0.3 is 9.84 Å². The molecule has 2 aromatic carbocycles. The highest BCUT2D eigenvalue weighted by atomic mass is 35.5. The molecule has 0 spiro atoms. The Kier molecular flexibility index (Phi) is 10.5. The summed E-state index contributed by atoms with van der Waals surface area (Å²) < 4.78 is 5.23. The summed E-state index contributed by atoms with van der Waals surface area (Å²) in [4.78, 5) is 66.1. The third-order valence-corrected chi connectivity index (χ3v) is 7.55. The largest absolute Gasteiger partial charge is 0.480 e. The first kappa shape index (κ1) is 30.1. The zero-order valence-electron chi connectivity index (χ0n) is 21.3. The van der Waals surface area contributed by atoms with Crippen molar-refractivity contribution < 1.29 is 33.8 Å². The number of rotatable bonds is 11. The normalized spacial score (nSPS) is 17.2. The number of hydrogen-bond donors (Lipinski definition) is 2. The Morgan fingerprint density at radius 3 is 2.31 bits per heavy atom. The Morgan fingerprint density at radius 1 is 1.03 bits per heavy atom. The maximum absolute atomic E-state index is 13.4. The van der Waals surface area contributed by atoms with E-state index in [1.807, 2.05) is 12.1 Å². The third-order valence-electron chi connectivity index (χ3n) is 6.40. The van der Waals surface area contributed by atoms with Gasteiger partial charge in [0.1, 0.15) is 12.6 Å². The number of carbonyl (C=O) groups excluding carboxylic acids is 4. The van der Waals surface area contributed by atoms with Crippen LogP contribution in [0.4, 0.5) is 5.69 Å². The van der Waals surface area contributed by atoms with Crippen LogP contribution >= 0.6 is 24.2 Å². The van der Waals surface area contributed by atoms with Crippen molar-refractivity contribution >= 4 is 59.5 Å². The van der Waals surface area contributed by atoms with Gasteiger partial charge >= 0.3 is 11.9 Å². The molecule has 0 fully saturated rings. The lowest BCUT2D eigenvalue weighted by Gasteiger charge is -2.27. The smallest absolute Gasteiger partial charge is 0.323 e. The molecular formula is C27H30ClN3O7S. The number of halogens is 1. The maximum atomic E-state index is 13.4. The SMILES string of the molecule is CCOC(=O)[C@H](CCCCN1C(=O)c2ccccc2C1=O)NC1CSc2ccccc2N(CC(=O)O)C1=O.Cl. The van der Waals surface area contributed by atoms with Gasteiger partial charge in [0, 0.05) is 17.2 Å². The highest BCUT2D eigenvalue weighted by molar-refractivity contribution is 7.99. The van der Waals surface area contributed by atoms with E-state index in [1.54, 1.807) is 43.3 Å². The number of amides is 3. The van der Waals surface area contributed by atoms with Crippen LogP contribution in [0.3, 0.4) is 0 Å². The lowest BCUT2D eigenvalue weighted by atomic mass is 10.1. The van der Waals surface area contributed by atoms with Crippen molar-refractivity contribution in [1.82, 2.24) is 10.2 Å². The van der Waals surface area contributed by atoms with E-state index in [9.17, 15) is 29.1 Å². The van der Waals surface area contributed by atoms with Crippen molar-refractivity contribution in [3.63, 3.8) is 0 Å². The first-order valence-electron chi connectivity index (χ1n) is 12.4. The standard InChI is InChI=1S/C27H29N3O7S.ClH/c1-2-37-27(36)19(11-7-8-14-29-24(33)17-9-3-4-10-18(17)25(29)34)28-20-16-38-22-13-6-5-12-21(22)30(26(20)35)15-23(31)32;/h3-6,9-10,12-13,19-20,28H,2,7-8,11,14-16H2,1H3,(H,31,32);1H/t19-,20?;/m0./s1. The molecule has 0 aromatic heterocycles. The van der Waals surface area contributed by atoms with Gasteiger partial charge in [-0.25, -0.2) is 0 Å². The highest BCUT2D eigenvalue weighted by Crippen LogP contribution is 2.34. The van der Waals surface area contributed by atoms with Gasteiger partial charge in [0.25, 0.3) is 11.8 Å². The summed E-state index contributed by atoms with van der Waals surface area (Å²) in [7, 11) is 0. The minimum atomic E-state index is -1.14. The number of thioether (sulfide) groups is 1. The molecule has 1 unspecified atom stereocenters. The third kappa shape index (κ3) is 6.78. The number of fused-ring (bicyclic) bond motifs is 2. The van der Waals surface area contributed by atoms with Crippen LogP contribution in [-0.4, -0.2) is 77.2 Å². The second kappa shape index (κ2) is 13.6. The number of nitrogens with one attached hydrogen (secondary N) is 1. The van der Waals surface area contributed by atoms with Gasteiger partial charge in [0.05, 0.1) is 29.5 Å². The van der Waals surface area contributed by atoms with E-state index in [-0.39, 0.29) is 37.4 Å². The monoisotopic (exact) mass is 575 g/mol. The molecule has 12 heteroatoms. The van der Waals surface area contributed by atoms with Gasteiger partial charge in [0.2, 0.25) is 5.91 Å². The molecule has 0 bridgehead atoms. The van der Waals surface area contributed by atoms with Crippen molar-refractivity contribution in [2.45, 2.75) is 43.2 Å². The van der Waals surface area contributed by atoms with Crippen LogP contribution in [0.2, 0.25) is 0 Å². The summed E-state index contributed by atoms with van der Waals surface area (Å²) in [6.45, 7) is 1.56. The number of ether oxygens (including phenoxy) is 1. The quantitative estimate of drug-likeness (QED) is 0.236. The van der Waals surface area contributed by atoms with Crippen LogP contribution in [0.1, 0.15) is 46.9 Å². The van der Waals surface area contributed by atoms with Crippen LogP contribution in [0.15, 0.2) is 53.4 Å². The van der Waals surface area contributed by atoms with Crippen molar-refractivity contribution in [2.75, 3.05) is 30.3 Å². The van der Waals surface area contributed by atoms with Crippen LogP contribution in [-0.2, 0) is 19.1 Å². The van der Waals surface area contributed by atoms with Crippen LogP contribution in [0.5, 0.6) is 0 Å². The van der Waals surface area contributed by atoms with E-state index in [0.717, 1.165) is 4.90 Å². The summed E-state index contributed by atoms with van der Waals surface area (Å²) >= 11 is 1.41. The first-order valence-corrected chi connectivity index (χ1v) is 13.4. The number of anilines is 1. The summed E-state index contributed by atoms with van der Waals surface area (Å²) in [5, 5.41) is 12.5. The lowest BCUT2D eigenvalue weighted by Crippen LogP contribution is -2.54. The Labute approximate surface area is 236 Å². The number of esters is 1. The number of carboxylic acids is 1. The molecule has 2 aliphatic rings. The number of aliphatic carboxylic acids is 1. The number of hydrogen-bond acceptors (Lipinski definition) is 8. The summed E-state index contributed by atoms with van der Waals surface area (Å²) in [6.07, 6.45) is 1.26. The topological polar surface area (TPSA) is 133 Å². The number of unbranched alkanes of at least 4 members (excludes halogenated alkanes) is 1. The fraction of sp³-hybridized carbons (Fsp3) is 0.370. The summed E-state index contributed by atoms with van der Waals surface area (Å²) in [5.41, 5.74) is 1.29. The predicted octanol–water partition coefficient (Wildman–Crippen LogP) is 2.99. The second-order valence-electron chi connectivity index (χ2n) is 8.92. The Balaban J connectivity index is 0.00000420. The van der Waals surface area contributed by atoms with E-state index in [1.165, 1.54) is 21.6 Å². The van der Waals surface area contributed by atoms with E-state index < -0.39 is 36.5 Å². The predicted molar refractivity (Wildman–Crippen MR) is 147 cm³/mol. The minimum absolute atomic E-state index is 0. The van der Waals surface area contributed by atoms with Crippen LogP contribution in [0, 0.1) is 0 Å². The minimum Gasteiger partial charge on any atom is -0.480 e. The van der Waals surface area contributed by atoms with Crippen molar-refractivity contribution in [3.8, 4) is 0 Å². The molecule has 2 N–H and O–H groups in total. The fourth-order valence-corrected chi connectivity index (χ4v) is 5.67.